The predicted octanol–water partition coefficient (Wildman–Crippen LogP) is 3.96. The van der Waals surface area contributed by atoms with Crippen LogP contribution in [0, 0.1) is 10.1 Å². The van der Waals surface area contributed by atoms with Crippen molar-refractivity contribution in [3.63, 3.8) is 0 Å². The lowest BCUT2D eigenvalue weighted by molar-refractivity contribution is -0.385. The summed E-state index contributed by atoms with van der Waals surface area (Å²) in [6.07, 6.45) is 1.42. The van der Waals surface area contributed by atoms with E-state index >= 15 is 0 Å². The summed E-state index contributed by atoms with van der Waals surface area (Å²) in [6, 6.07) is 8.75. The summed E-state index contributed by atoms with van der Waals surface area (Å²) < 4.78 is 10.3. The van der Waals surface area contributed by atoms with Gasteiger partial charge in [-0.15, -0.1) is 0 Å². The van der Waals surface area contributed by atoms with Crippen molar-refractivity contribution in [3.8, 4) is 11.5 Å². The molecule has 0 spiro atoms. The molecule has 0 bridgehead atoms. The minimum Gasteiger partial charge on any atom is -0.493 e. The Balaban J connectivity index is 1.87. The van der Waals surface area contributed by atoms with Crippen molar-refractivity contribution in [2.24, 2.45) is 0 Å². The normalized spacial score (nSPS) is 14.7. The monoisotopic (exact) mass is 478 g/mol. The van der Waals surface area contributed by atoms with Crippen molar-refractivity contribution in [2.75, 3.05) is 13.7 Å². The number of aliphatic carboxylic acids is 1. The summed E-state index contributed by atoms with van der Waals surface area (Å²) in [6.45, 7) is -0.870. The summed E-state index contributed by atoms with van der Waals surface area (Å²) >= 11 is 6.85. The number of rotatable bonds is 8. The summed E-state index contributed by atoms with van der Waals surface area (Å²) in [7, 11) is 1.34. The molecule has 1 saturated heterocycles. The summed E-state index contributed by atoms with van der Waals surface area (Å²) in [5, 5.41) is 19.5. The number of hydrogen-bond donors (Lipinski definition) is 1. The van der Waals surface area contributed by atoms with E-state index in [0.717, 1.165) is 4.90 Å². The number of carboxylic acids is 1. The molecule has 0 radical (unpaired) electrons. The second kappa shape index (κ2) is 9.71. The van der Waals surface area contributed by atoms with E-state index in [1.807, 2.05) is 0 Å². The molecule has 1 aliphatic heterocycles. The summed E-state index contributed by atoms with van der Waals surface area (Å²) in [5.41, 5.74) is 0.445. The Hall–Kier alpha value is -3.57. The van der Waals surface area contributed by atoms with Crippen molar-refractivity contribution in [3.05, 3.63) is 67.6 Å². The average Bonchev–Trinajstić information content (AvgIpc) is 3.00. The van der Waals surface area contributed by atoms with E-state index in [0.29, 0.717) is 17.3 Å². The predicted molar refractivity (Wildman–Crippen MR) is 116 cm³/mol. The zero-order chi connectivity index (χ0) is 23.4. The van der Waals surface area contributed by atoms with Crippen LogP contribution in [-0.2, 0) is 16.1 Å². The first-order chi connectivity index (χ1) is 15.2. The van der Waals surface area contributed by atoms with Crippen LogP contribution in [0.5, 0.6) is 11.5 Å². The number of nitro groups is 1. The molecular formula is C20H15ClN2O8S. The van der Waals surface area contributed by atoms with Gasteiger partial charge in [-0.1, -0.05) is 29.8 Å². The van der Waals surface area contributed by atoms with Crippen molar-refractivity contribution < 1.29 is 33.9 Å². The molecule has 2 aromatic carbocycles. The molecule has 1 aliphatic rings. The van der Waals surface area contributed by atoms with Crippen LogP contribution < -0.4 is 9.47 Å². The molecule has 0 saturated carbocycles. The third-order valence-corrected chi connectivity index (χ3v) is 5.47. The highest BCUT2D eigenvalue weighted by atomic mass is 35.5. The number of para-hydroxylation sites is 1. The minimum atomic E-state index is -1.19. The van der Waals surface area contributed by atoms with Gasteiger partial charge in [-0.3, -0.25) is 24.6 Å². The van der Waals surface area contributed by atoms with Gasteiger partial charge in [-0.2, -0.15) is 0 Å². The molecule has 1 heterocycles. The van der Waals surface area contributed by atoms with E-state index in [4.69, 9.17) is 26.2 Å². The third-order valence-electron chi connectivity index (χ3n) is 4.28. The van der Waals surface area contributed by atoms with E-state index in [2.05, 4.69) is 0 Å². The number of ether oxygens (including phenoxy) is 2. The van der Waals surface area contributed by atoms with E-state index < -0.39 is 28.6 Å². The second-order valence-corrected chi connectivity index (χ2v) is 7.77. The smallest absolute Gasteiger partial charge is 0.341 e. The number of carbonyl (C=O) groups is 3. The van der Waals surface area contributed by atoms with E-state index in [-0.39, 0.29) is 39.2 Å². The first-order valence-corrected chi connectivity index (χ1v) is 10.1. The van der Waals surface area contributed by atoms with Crippen molar-refractivity contribution in [1.29, 1.82) is 0 Å². The highest BCUT2D eigenvalue weighted by molar-refractivity contribution is 8.18. The standard InChI is InChI=1S/C20H15ClN2O8S/c1-30-15-7-11(6-13(21)18(15)31-10-17(24)25)8-16-19(26)22(20(27)32-16)9-12-4-2-3-5-14(12)23(28)29/h2-8H,9-10H2,1H3,(H,24,25)/b16-8-. The number of amides is 2. The fourth-order valence-corrected chi connectivity index (χ4v) is 3.99. The maximum atomic E-state index is 12.8. The number of nitrogens with zero attached hydrogens (tertiary/aromatic N) is 2. The molecule has 0 aromatic heterocycles. The molecule has 1 fully saturated rings. The van der Waals surface area contributed by atoms with Crippen LogP contribution in [0.1, 0.15) is 11.1 Å². The highest BCUT2D eigenvalue weighted by Gasteiger charge is 2.36. The van der Waals surface area contributed by atoms with E-state index in [1.54, 1.807) is 6.07 Å². The van der Waals surface area contributed by atoms with Gasteiger partial charge in [0, 0.05) is 11.6 Å². The van der Waals surface area contributed by atoms with Crippen molar-refractivity contribution >= 4 is 52.2 Å². The number of halogens is 1. The Bertz CT molecular complexity index is 1150. The number of methoxy groups -OCH3 is 1. The van der Waals surface area contributed by atoms with Gasteiger partial charge < -0.3 is 14.6 Å². The molecule has 0 unspecified atom stereocenters. The summed E-state index contributed by atoms with van der Waals surface area (Å²) in [5.74, 6) is -1.64. The summed E-state index contributed by atoms with van der Waals surface area (Å²) in [4.78, 5) is 47.5. The fraction of sp³-hybridized carbons (Fsp3) is 0.150. The van der Waals surface area contributed by atoms with Gasteiger partial charge in [0.25, 0.3) is 16.8 Å². The quantitative estimate of drug-likeness (QED) is 0.339. The Morgan fingerprint density at radius 1 is 1.31 bits per heavy atom. The van der Waals surface area contributed by atoms with Crippen molar-refractivity contribution in [2.45, 2.75) is 6.54 Å². The van der Waals surface area contributed by atoms with Gasteiger partial charge in [-0.05, 0) is 35.5 Å². The second-order valence-electron chi connectivity index (χ2n) is 6.37. The molecule has 2 amide bonds. The largest absolute Gasteiger partial charge is 0.493 e. The molecule has 3 rings (SSSR count). The highest BCUT2D eigenvalue weighted by Crippen LogP contribution is 2.39. The number of carbonyl (C=O) groups excluding carboxylic acids is 2. The van der Waals surface area contributed by atoms with Gasteiger partial charge >= 0.3 is 5.97 Å². The van der Waals surface area contributed by atoms with Gasteiger partial charge in [0.1, 0.15) is 0 Å². The van der Waals surface area contributed by atoms with Crippen LogP contribution in [0.25, 0.3) is 6.08 Å². The molecule has 0 atom stereocenters. The number of thioether (sulfide) groups is 1. The Morgan fingerprint density at radius 2 is 2.03 bits per heavy atom. The first-order valence-electron chi connectivity index (χ1n) is 8.91. The third kappa shape index (κ3) is 5.01. The number of nitro benzene ring substituents is 1. The van der Waals surface area contributed by atoms with Gasteiger partial charge in [0.05, 0.1) is 28.5 Å². The molecule has 1 N–H and O–H groups in total. The average molecular weight is 479 g/mol. The van der Waals surface area contributed by atoms with Crippen LogP contribution in [0.4, 0.5) is 10.5 Å². The lowest BCUT2D eigenvalue weighted by Gasteiger charge is -2.13. The molecule has 0 aliphatic carbocycles. The van der Waals surface area contributed by atoms with E-state index in [1.165, 1.54) is 43.5 Å². The fourth-order valence-electron chi connectivity index (χ4n) is 2.88. The van der Waals surface area contributed by atoms with Gasteiger partial charge in [-0.25, -0.2) is 4.79 Å². The maximum Gasteiger partial charge on any atom is 0.341 e. The molecule has 10 nitrogen and oxygen atoms in total. The van der Waals surface area contributed by atoms with Crippen LogP contribution in [-0.4, -0.2) is 45.8 Å². The van der Waals surface area contributed by atoms with Crippen LogP contribution in [0.15, 0.2) is 41.3 Å². The molecule has 32 heavy (non-hydrogen) atoms. The molecular weight excluding hydrogens is 464 g/mol. The molecule has 12 heteroatoms. The maximum absolute atomic E-state index is 12.8. The van der Waals surface area contributed by atoms with Crippen LogP contribution >= 0.6 is 23.4 Å². The Morgan fingerprint density at radius 3 is 2.69 bits per heavy atom. The zero-order valence-electron chi connectivity index (χ0n) is 16.4. The lowest BCUT2D eigenvalue weighted by Crippen LogP contribution is -2.27. The lowest BCUT2D eigenvalue weighted by atomic mass is 10.1. The molecule has 166 valence electrons. The number of benzene rings is 2. The molecule has 2 aromatic rings. The van der Waals surface area contributed by atoms with E-state index in [9.17, 15) is 24.5 Å². The van der Waals surface area contributed by atoms with Gasteiger partial charge in [0.2, 0.25) is 0 Å². The number of carboxylic acid groups (broad SMARTS) is 1. The Kier molecular flexibility index (Phi) is 7.01. The Labute approximate surface area is 190 Å². The topological polar surface area (TPSA) is 136 Å². The van der Waals surface area contributed by atoms with Crippen LogP contribution in [0.2, 0.25) is 5.02 Å². The minimum absolute atomic E-state index is 0.0261. The van der Waals surface area contributed by atoms with Crippen molar-refractivity contribution in [1.82, 2.24) is 4.90 Å². The van der Waals surface area contributed by atoms with Crippen LogP contribution in [0.3, 0.4) is 0 Å². The van der Waals surface area contributed by atoms with Gasteiger partial charge in [0.15, 0.2) is 18.1 Å². The first kappa shape index (κ1) is 23.1. The number of imide groups is 1. The SMILES string of the molecule is COc1cc(/C=C2\SC(=O)N(Cc3ccccc3[N+](=O)[O-])C2=O)cc(Cl)c1OCC(=O)O. The zero-order valence-corrected chi connectivity index (χ0v) is 18.0. The number of hydrogen-bond acceptors (Lipinski definition) is 8.